The van der Waals surface area contributed by atoms with Gasteiger partial charge in [-0.05, 0) is 42.5 Å². The predicted molar refractivity (Wildman–Crippen MR) is 85.3 cm³/mol. The van der Waals surface area contributed by atoms with Gasteiger partial charge in [-0.1, -0.05) is 42.5 Å². The molecule has 1 atom stereocenters. The van der Waals surface area contributed by atoms with Crippen LogP contribution in [0.15, 0.2) is 54.6 Å². The summed E-state index contributed by atoms with van der Waals surface area (Å²) in [5, 5.41) is 21.8. The molecule has 0 spiro atoms. The third-order valence-corrected chi connectivity index (χ3v) is 3.49. The zero-order valence-electron chi connectivity index (χ0n) is 12.4. The van der Waals surface area contributed by atoms with Crippen LogP contribution in [0.5, 0.6) is 5.75 Å². The van der Waals surface area contributed by atoms with Crippen LogP contribution in [0.25, 0.3) is 0 Å². The molecule has 0 saturated heterocycles. The molecule has 0 aliphatic heterocycles. The Morgan fingerprint density at radius 3 is 2.36 bits per heavy atom. The van der Waals surface area contributed by atoms with Gasteiger partial charge < -0.3 is 15.5 Å². The molecule has 3 N–H and O–H groups in total. The number of hydrogen-bond donors (Lipinski definition) is 3. The van der Waals surface area contributed by atoms with Crippen molar-refractivity contribution in [2.24, 2.45) is 0 Å². The van der Waals surface area contributed by atoms with Crippen molar-refractivity contribution in [1.82, 2.24) is 5.32 Å². The minimum Gasteiger partial charge on any atom is -0.508 e. The molecule has 0 aliphatic rings. The van der Waals surface area contributed by atoms with Crippen LogP contribution in [0.4, 0.5) is 0 Å². The summed E-state index contributed by atoms with van der Waals surface area (Å²) in [5.74, 6) is -0.0985. The fourth-order valence-corrected chi connectivity index (χ4v) is 2.20. The van der Waals surface area contributed by atoms with E-state index in [2.05, 4.69) is 5.32 Å². The van der Waals surface area contributed by atoms with E-state index in [0.717, 1.165) is 17.5 Å². The highest BCUT2D eigenvalue weighted by Crippen LogP contribution is 2.12. The van der Waals surface area contributed by atoms with E-state index >= 15 is 0 Å². The van der Waals surface area contributed by atoms with Crippen molar-refractivity contribution in [3.8, 4) is 5.75 Å². The van der Waals surface area contributed by atoms with Crippen LogP contribution in [0.1, 0.15) is 24.0 Å². The quantitative estimate of drug-likeness (QED) is 0.735. The molecule has 4 nitrogen and oxygen atoms in total. The maximum absolute atomic E-state index is 11.8. The predicted octanol–water partition coefficient (Wildman–Crippen LogP) is 2.39. The second kappa shape index (κ2) is 8.20. The maximum atomic E-state index is 11.8. The zero-order chi connectivity index (χ0) is 15.8. The van der Waals surface area contributed by atoms with Crippen LogP contribution in [-0.4, -0.2) is 22.2 Å². The van der Waals surface area contributed by atoms with Gasteiger partial charge in [-0.15, -0.1) is 0 Å². The molecule has 2 aromatic carbocycles. The van der Waals surface area contributed by atoms with Gasteiger partial charge in [-0.2, -0.15) is 0 Å². The average molecular weight is 299 g/mol. The van der Waals surface area contributed by atoms with Gasteiger partial charge in [-0.25, -0.2) is 0 Å². The Bertz CT molecular complexity index is 581. The lowest BCUT2D eigenvalue weighted by Gasteiger charge is -2.11. The van der Waals surface area contributed by atoms with Crippen molar-refractivity contribution in [3.63, 3.8) is 0 Å². The second-order valence-corrected chi connectivity index (χ2v) is 5.28. The number of aliphatic hydroxyl groups excluding tert-OH is 1. The molecule has 1 unspecified atom stereocenters. The summed E-state index contributed by atoms with van der Waals surface area (Å²) < 4.78 is 0. The number of rotatable bonds is 7. The Labute approximate surface area is 130 Å². The van der Waals surface area contributed by atoms with Crippen LogP contribution in [0, 0.1) is 0 Å². The van der Waals surface area contributed by atoms with Crippen molar-refractivity contribution in [2.75, 3.05) is 0 Å². The minimum absolute atomic E-state index is 0.240. The second-order valence-electron chi connectivity index (χ2n) is 5.28. The highest BCUT2D eigenvalue weighted by Gasteiger charge is 2.13. The van der Waals surface area contributed by atoms with Crippen molar-refractivity contribution in [1.29, 1.82) is 0 Å². The number of carbonyl (C=O) groups is 1. The number of benzene rings is 2. The number of phenolic OH excluding ortho intramolecular Hbond substituents is 1. The van der Waals surface area contributed by atoms with E-state index in [0.29, 0.717) is 19.4 Å². The lowest BCUT2D eigenvalue weighted by atomic mass is 10.1. The van der Waals surface area contributed by atoms with Crippen LogP contribution >= 0.6 is 0 Å². The Kier molecular flexibility index (Phi) is 5.98. The Morgan fingerprint density at radius 2 is 1.68 bits per heavy atom. The molecule has 22 heavy (non-hydrogen) atoms. The van der Waals surface area contributed by atoms with Gasteiger partial charge in [0.2, 0.25) is 5.91 Å². The van der Waals surface area contributed by atoms with Gasteiger partial charge in [0.1, 0.15) is 11.9 Å². The number of carbonyl (C=O) groups excluding carboxylic acids is 1. The summed E-state index contributed by atoms with van der Waals surface area (Å²) in [6.45, 7) is 0.425. The van der Waals surface area contributed by atoms with Gasteiger partial charge >= 0.3 is 0 Å². The minimum atomic E-state index is -0.985. The fourth-order valence-electron chi connectivity index (χ4n) is 2.20. The van der Waals surface area contributed by atoms with Gasteiger partial charge in [0.05, 0.1) is 0 Å². The third kappa shape index (κ3) is 5.22. The monoisotopic (exact) mass is 299 g/mol. The summed E-state index contributed by atoms with van der Waals surface area (Å²) in [7, 11) is 0. The summed E-state index contributed by atoms with van der Waals surface area (Å²) in [6, 6.07) is 16.6. The Morgan fingerprint density at radius 1 is 1.00 bits per heavy atom. The summed E-state index contributed by atoms with van der Waals surface area (Å²) >= 11 is 0. The number of phenols is 1. The largest absolute Gasteiger partial charge is 0.508 e. The summed E-state index contributed by atoms with van der Waals surface area (Å²) in [6.07, 6.45) is 0.913. The third-order valence-electron chi connectivity index (χ3n) is 3.49. The first kappa shape index (κ1) is 16.0. The molecular formula is C18H21NO3. The molecule has 0 bridgehead atoms. The van der Waals surface area contributed by atoms with E-state index in [-0.39, 0.29) is 11.7 Å². The number of nitrogens with one attached hydrogen (secondary N) is 1. The van der Waals surface area contributed by atoms with E-state index in [1.807, 2.05) is 42.5 Å². The van der Waals surface area contributed by atoms with Gasteiger partial charge in [0.15, 0.2) is 0 Å². The zero-order valence-corrected chi connectivity index (χ0v) is 12.4. The normalized spacial score (nSPS) is 11.9. The smallest absolute Gasteiger partial charge is 0.249 e. The number of amides is 1. The van der Waals surface area contributed by atoms with Crippen LogP contribution in [0.2, 0.25) is 0 Å². The van der Waals surface area contributed by atoms with Crippen molar-refractivity contribution in [3.05, 3.63) is 65.7 Å². The first-order valence-corrected chi connectivity index (χ1v) is 7.43. The van der Waals surface area contributed by atoms with E-state index < -0.39 is 6.10 Å². The lowest BCUT2D eigenvalue weighted by Crippen LogP contribution is -2.34. The molecule has 0 aliphatic carbocycles. The van der Waals surface area contributed by atoms with Crippen LogP contribution < -0.4 is 5.32 Å². The number of aliphatic hydroxyl groups is 1. The molecule has 0 radical (unpaired) electrons. The lowest BCUT2D eigenvalue weighted by molar-refractivity contribution is -0.129. The molecule has 0 aromatic heterocycles. The van der Waals surface area contributed by atoms with Crippen molar-refractivity contribution in [2.45, 2.75) is 31.9 Å². The topological polar surface area (TPSA) is 69.6 Å². The SMILES string of the molecule is O=C(NCc1ccccc1)C(O)CCCc1ccc(O)cc1. The Hall–Kier alpha value is -2.33. The fraction of sp³-hybridized carbons (Fsp3) is 0.278. The molecule has 2 rings (SSSR count). The molecule has 2 aromatic rings. The Balaban J connectivity index is 1.69. The molecule has 1 amide bonds. The van der Waals surface area contributed by atoms with Gasteiger partial charge in [-0.3, -0.25) is 4.79 Å². The first-order chi connectivity index (χ1) is 10.6. The molecule has 0 heterocycles. The summed E-state index contributed by atoms with van der Waals surface area (Å²) in [4.78, 5) is 11.8. The highest BCUT2D eigenvalue weighted by atomic mass is 16.3. The average Bonchev–Trinajstić information content (AvgIpc) is 2.55. The molecule has 4 heteroatoms. The van der Waals surface area contributed by atoms with E-state index in [4.69, 9.17) is 0 Å². The van der Waals surface area contributed by atoms with Crippen LogP contribution in [0.3, 0.4) is 0 Å². The number of hydrogen-bond acceptors (Lipinski definition) is 3. The molecule has 116 valence electrons. The van der Waals surface area contributed by atoms with Crippen LogP contribution in [-0.2, 0) is 17.8 Å². The number of aromatic hydroxyl groups is 1. The van der Waals surface area contributed by atoms with E-state index in [1.54, 1.807) is 12.1 Å². The standard InChI is InChI=1S/C18H21NO3/c20-16-11-9-14(10-12-16)7-4-8-17(21)18(22)19-13-15-5-2-1-3-6-15/h1-3,5-6,9-12,17,20-21H,4,7-8,13H2,(H,19,22). The maximum Gasteiger partial charge on any atom is 0.249 e. The van der Waals surface area contributed by atoms with Gasteiger partial charge in [0.25, 0.3) is 0 Å². The number of aryl methyl sites for hydroxylation is 1. The molecule has 0 fully saturated rings. The van der Waals surface area contributed by atoms with Crippen molar-refractivity contribution < 1.29 is 15.0 Å². The van der Waals surface area contributed by atoms with E-state index in [1.165, 1.54) is 0 Å². The van der Waals surface area contributed by atoms with E-state index in [9.17, 15) is 15.0 Å². The van der Waals surface area contributed by atoms with Gasteiger partial charge in [0, 0.05) is 6.54 Å². The molecular weight excluding hydrogens is 278 g/mol. The molecule has 0 saturated carbocycles. The first-order valence-electron chi connectivity index (χ1n) is 7.43. The highest BCUT2D eigenvalue weighted by molar-refractivity contribution is 5.80. The van der Waals surface area contributed by atoms with Crippen molar-refractivity contribution >= 4 is 5.91 Å². The summed E-state index contributed by atoms with van der Waals surface area (Å²) in [5.41, 5.74) is 2.09.